The molecule has 0 saturated heterocycles. The van der Waals surface area contributed by atoms with E-state index in [-0.39, 0.29) is 5.41 Å². The second kappa shape index (κ2) is 11.7. The zero-order chi connectivity index (χ0) is 36.9. The van der Waals surface area contributed by atoms with Crippen LogP contribution in [0.2, 0.25) is 0 Å². The third kappa shape index (κ3) is 4.43. The van der Waals surface area contributed by atoms with E-state index < -0.39 is 5.41 Å². The number of furan rings is 1. The molecule has 2 nitrogen and oxygen atoms in total. The summed E-state index contributed by atoms with van der Waals surface area (Å²) in [4.78, 5) is 2.44. The number of nitrogens with zero attached hydrogens (tertiary/aromatic N) is 1. The van der Waals surface area contributed by atoms with Crippen molar-refractivity contribution in [1.29, 1.82) is 0 Å². The molecule has 1 heterocycles. The highest BCUT2D eigenvalue weighted by molar-refractivity contribution is 6.10. The minimum Gasteiger partial charge on any atom is -0.454 e. The van der Waals surface area contributed by atoms with Crippen molar-refractivity contribution in [2.75, 3.05) is 4.90 Å². The lowest BCUT2D eigenvalue weighted by Crippen LogP contribution is -2.29. The Morgan fingerprint density at radius 2 is 1.04 bits per heavy atom. The van der Waals surface area contributed by atoms with Gasteiger partial charge in [-0.3, -0.25) is 0 Å². The van der Waals surface area contributed by atoms with Crippen molar-refractivity contribution >= 4 is 39.0 Å². The van der Waals surface area contributed by atoms with Crippen LogP contribution >= 0.6 is 0 Å². The van der Waals surface area contributed by atoms with Crippen LogP contribution in [-0.2, 0) is 10.8 Å². The van der Waals surface area contributed by atoms with Gasteiger partial charge < -0.3 is 9.32 Å². The molecule has 0 saturated carbocycles. The lowest BCUT2D eigenvalue weighted by atomic mass is 9.67. The van der Waals surface area contributed by atoms with Crippen molar-refractivity contribution in [2.24, 2.45) is 0 Å². The Labute approximate surface area is 322 Å². The molecule has 0 atom stereocenters. The van der Waals surface area contributed by atoms with Crippen LogP contribution in [0.3, 0.4) is 0 Å². The van der Waals surface area contributed by atoms with Crippen molar-refractivity contribution in [2.45, 2.75) is 31.6 Å². The predicted molar refractivity (Wildman–Crippen MR) is 228 cm³/mol. The molecule has 2 aliphatic rings. The van der Waals surface area contributed by atoms with E-state index >= 15 is 0 Å². The Morgan fingerprint density at radius 3 is 1.78 bits per heavy atom. The Morgan fingerprint density at radius 1 is 0.436 bits per heavy atom. The number of para-hydroxylation sites is 2. The first kappa shape index (κ1) is 31.8. The first-order chi connectivity index (χ1) is 26.9. The fourth-order valence-electron chi connectivity index (χ4n) is 9.99. The largest absolute Gasteiger partial charge is 0.454 e. The van der Waals surface area contributed by atoms with Gasteiger partial charge in [0.1, 0.15) is 5.58 Å². The SMILES string of the molecule is Cc1cc(N(c2ccc3c(c2)C(C)(C)c2ccccc2-3)c2cccc3c2oc2ccccc23)cc(C2(c3ccccc3)c3ccccc3-c3ccccc32)c1. The maximum Gasteiger partial charge on any atom is 0.159 e. The third-order valence-electron chi connectivity index (χ3n) is 12.4. The molecule has 0 bridgehead atoms. The molecule has 1 aromatic heterocycles. The zero-order valence-corrected chi connectivity index (χ0v) is 31.2. The molecule has 2 aliphatic carbocycles. The number of aryl methyl sites for hydroxylation is 1. The normalized spacial score (nSPS) is 14.4. The number of benzene rings is 8. The molecular weight excluding hydrogens is 667 g/mol. The summed E-state index contributed by atoms with van der Waals surface area (Å²) < 4.78 is 6.79. The van der Waals surface area contributed by atoms with E-state index in [9.17, 15) is 0 Å². The minimum atomic E-state index is -0.520. The quantitative estimate of drug-likeness (QED) is 0.177. The van der Waals surface area contributed by atoms with Crippen molar-refractivity contribution < 1.29 is 4.42 Å². The number of anilines is 3. The highest BCUT2D eigenvalue weighted by atomic mass is 16.3. The summed E-state index contributed by atoms with van der Waals surface area (Å²) in [5.41, 5.74) is 18.5. The van der Waals surface area contributed by atoms with Crippen LogP contribution in [0.5, 0.6) is 0 Å². The molecule has 2 heteroatoms. The summed E-state index contributed by atoms with van der Waals surface area (Å²) in [6, 6.07) is 67.1. The second-order valence-corrected chi connectivity index (χ2v) is 15.8. The van der Waals surface area contributed by atoms with Gasteiger partial charge in [-0.05, 0) is 105 Å². The molecule has 0 amide bonds. The van der Waals surface area contributed by atoms with Crippen LogP contribution < -0.4 is 4.90 Å². The van der Waals surface area contributed by atoms with Gasteiger partial charge in [-0.25, -0.2) is 0 Å². The Balaban J connectivity index is 1.21. The molecule has 0 unspecified atom stereocenters. The summed E-state index contributed by atoms with van der Waals surface area (Å²) in [5.74, 6) is 0. The maximum atomic E-state index is 6.79. The van der Waals surface area contributed by atoms with Gasteiger partial charge in [0.15, 0.2) is 5.58 Å². The van der Waals surface area contributed by atoms with E-state index in [0.29, 0.717) is 0 Å². The minimum absolute atomic E-state index is 0.147. The van der Waals surface area contributed by atoms with Gasteiger partial charge in [0.05, 0.1) is 11.1 Å². The average Bonchev–Trinajstić information content (AvgIpc) is 3.83. The zero-order valence-electron chi connectivity index (χ0n) is 31.2. The second-order valence-electron chi connectivity index (χ2n) is 15.8. The van der Waals surface area contributed by atoms with Crippen LogP contribution in [0.15, 0.2) is 186 Å². The summed E-state index contributed by atoms with van der Waals surface area (Å²) in [5, 5.41) is 2.23. The van der Waals surface area contributed by atoms with E-state index in [2.05, 4.69) is 208 Å². The van der Waals surface area contributed by atoms with E-state index in [1.165, 1.54) is 61.2 Å². The Hall–Kier alpha value is -6.64. The van der Waals surface area contributed by atoms with Gasteiger partial charge >= 0.3 is 0 Å². The molecule has 11 rings (SSSR count). The van der Waals surface area contributed by atoms with Crippen LogP contribution in [0.1, 0.15) is 52.8 Å². The molecule has 0 spiro atoms. The van der Waals surface area contributed by atoms with Gasteiger partial charge in [-0.1, -0.05) is 159 Å². The monoisotopic (exact) mass is 705 g/mol. The third-order valence-corrected chi connectivity index (χ3v) is 12.4. The van der Waals surface area contributed by atoms with Crippen molar-refractivity contribution in [3.8, 4) is 22.3 Å². The van der Waals surface area contributed by atoms with Gasteiger partial charge in [0, 0.05) is 27.6 Å². The smallest absolute Gasteiger partial charge is 0.159 e. The van der Waals surface area contributed by atoms with Crippen LogP contribution in [-0.4, -0.2) is 0 Å². The molecular formula is C53H39NO. The van der Waals surface area contributed by atoms with Crippen LogP contribution in [0.4, 0.5) is 17.1 Å². The summed E-state index contributed by atoms with van der Waals surface area (Å²) >= 11 is 0. The Kier molecular flexibility index (Phi) is 6.76. The lowest BCUT2D eigenvalue weighted by molar-refractivity contribution is 0.660. The summed E-state index contributed by atoms with van der Waals surface area (Å²) in [6.45, 7) is 6.95. The van der Waals surface area contributed by atoms with Crippen molar-refractivity contribution in [3.63, 3.8) is 0 Å². The lowest BCUT2D eigenvalue weighted by Gasteiger charge is -2.35. The Bertz CT molecular complexity index is 2940. The first-order valence-electron chi connectivity index (χ1n) is 19.3. The molecule has 0 fully saturated rings. The number of rotatable bonds is 5. The fraction of sp³-hybridized carbons (Fsp3) is 0.0943. The average molecular weight is 706 g/mol. The highest BCUT2D eigenvalue weighted by Crippen LogP contribution is 2.57. The molecule has 262 valence electrons. The first-order valence-corrected chi connectivity index (χ1v) is 19.3. The van der Waals surface area contributed by atoms with Crippen molar-refractivity contribution in [1.82, 2.24) is 0 Å². The van der Waals surface area contributed by atoms with Crippen LogP contribution in [0, 0.1) is 6.92 Å². The topological polar surface area (TPSA) is 16.4 Å². The molecule has 0 aliphatic heterocycles. The molecule has 55 heavy (non-hydrogen) atoms. The number of hydrogen-bond donors (Lipinski definition) is 0. The predicted octanol–water partition coefficient (Wildman–Crippen LogP) is 14.0. The van der Waals surface area contributed by atoms with Crippen LogP contribution in [0.25, 0.3) is 44.2 Å². The highest BCUT2D eigenvalue weighted by Gasteiger charge is 2.46. The van der Waals surface area contributed by atoms with E-state index in [0.717, 1.165) is 39.0 Å². The number of hydrogen-bond acceptors (Lipinski definition) is 2. The van der Waals surface area contributed by atoms with Gasteiger partial charge in [0.2, 0.25) is 0 Å². The van der Waals surface area contributed by atoms with E-state index in [4.69, 9.17) is 4.42 Å². The number of fused-ring (bicyclic) bond motifs is 9. The molecule has 0 N–H and O–H groups in total. The van der Waals surface area contributed by atoms with E-state index in [1.807, 2.05) is 0 Å². The molecule has 9 aromatic rings. The molecule has 8 aromatic carbocycles. The van der Waals surface area contributed by atoms with Gasteiger partial charge in [-0.2, -0.15) is 0 Å². The maximum absolute atomic E-state index is 6.79. The van der Waals surface area contributed by atoms with Gasteiger partial charge in [-0.15, -0.1) is 0 Å². The summed E-state index contributed by atoms with van der Waals surface area (Å²) in [7, 11) is 0. The fourth-order valence-corrected chi connectivity index (χ4v) is 9.99. The van der Waals surface area contributed by atoms with E-state index in [1.54, 1.807) is 0 Å². The van der Waals surface area contributed by atoms with Gasteiger partial charge in [0.25, 0.3) is 0 Å². The standard InChI is InChI=1S/C53H39NO/c1-34-30-36(53(35-16-5-4-6-17-35)46-24-12-8-19-40(46)41-20-9-13-25-47(41)53)32-38(31-34)54(49-26-15-22-44-43-21-10-14-27-50(43)55-51(44)49)37-28-29-42-39-18-7-11-23-45(39)52(2,3)48(42)33-37/h4-33H,1-3H3. The summed E-state index contributed by atoms with van der Waals surface area (Å²) in [6.07, 6.45) is 0. The van der Waals surface area contributed by atoms with Crippen molar-refractivity contribution in [3.05, 3.63) is 221 Å². The molecule has 0 radical (unpaired) electrons.